The van der Waals surface area contributed by atoms with Gasteiger partial charge in [-0.3, -0.25) is 0 Å². The molecular formula is C18H32N2. The lowest BCUT2D eigenvalue weighted by Crippen LogP contribution is -2.23. The van der Waals surface area contributed by atoms with Crippen LogP contribution >= 0.6 is 0 Å². The highest BCUT2D eigenvalue weighted by molar-refractivity contribution is 5.13. The highest BCUT2D eigenvalue weighted by atomic mass is 14.8. The molecule has 0 N–H and O–H groups in total. The minimum Gasteiger partial charge on any atom is -0.245 e. The van der Waals surface area contributed by atoms with E-state index in [0.717, 1.165) is 0 Å². The lowest BCUT2D eigenvalue weighted by molar-refractivity contribution is 0.355. The maximum Gasteiger partial charge on any atom is 0.115 e. The van der Waals surface area contributed by atoms with Gasteiger partial charge >= 0.3 is 0 Å². The zero-order chi connectivity index (χ0) is 14.7. The van der Waals surface area contributed by atoms with Gasteiger partial charge in [0.1, 0.15) is 6.33 Å². The molecule has 1 heterocycles. The van der Waals surface area contributed by atoms with Gasteiger partial charge in [-0.15, -0.1) is 0 Å². The van der Waals surface area contributed by atoms with Crippen molar-refractivity contribution in [2.24, 2.45) is 0 Å². The molecule has 1 aromatic heterocycles. The monoisotopic (exact) mass is 276 g/mol. The van der Waals surface area contributed by atoms with Gasteiger partial charge in [-0.1, -0.05) is 72.1 Å². The highest BCUT2D eigenvalue weighted by Crippen LogP contribution is 2.34. The summed E-state index contributed by atoms with van der Waals surface area (Å²) >= 11 is 0. The van der Waals surface area contributed by atoms with Crippen molar-refractivity contribution in [2.75, 3.05) is 0 Å². The van der Waals surface area contributed by atoms with Crippen LogP contribution in [0.2, 0.25) is 0 Å². The van der Waals surface area contributed by atoms with Gasteiger partial charge in [0, 0.05) is 17.3 Å². The van der Waals surface area contributed by atoms with Crippen molar-refractivity contribution in [2.45, 2.75) is 90.4 Å². The molecule has 0 amide bonds. The summed E-state index contributed by atoms with van der Waals surface area (Å²) in [4.78, 5) is 8.60. The third-order valence-electron chi connectivity index (χ3n) is 4.36. The first-order valence-electron chi connectivity index (χ1n) is 8.49. The van der Waals surface area contributed by atoms with Crippen LogP contribution in [0.5, 0.6) is 0 Å². The van der Waals surface area contributed by atoms with Crippen LogP contribution < -0.4 is 0 Å². The largest absolute Gasteiger partial charge is 0.245 e. The Morgan fingerprint density at radius 2 is 1.50 bits per heavy atom. The number of rotatable bonds is 11. The fraction of sp³-hybridized carbons (Fsp3) is 0.778. The molecule has 0 atom stereocenters. The van der Waals surface area contributed by atoms with Crippen molar-refractivity contribution < 1.29 is 0 Å². The van der Waals surface area contributed by atoms with Crippen LogP contribution in [0.25, 0.3) is 0 Å². The van der Waals surface area contributed by atoms with Gasteiger partial charge in [-0.05, 0) is 18.9 Å². The predicted molar refractivity (Wildman–Crippen MR) is 86.9 cm³/mol. The molecule has 2 nitrogen and oxygen atoms in total. The molecule has 0 bridgehead atoms. The molecule has 1 rings (SSSR count). The Hall–Kier alpha value is -0.920. The standard InChI is InChI=1S/C18H32N2/c1-4-6-8-10-13-18(3,14-11-9-7-5-2)17-12-15-19-16-20-17/h12,15-16H,4-11,13-14H2,1-3H3. The molecule has 0 aliphatic carbocycles. The van der Waals surface area contributed by atoms with Crippen molar-refractivity contribution in [1.29, 1.82) is 0 Å². The lowest BCUT2D eigenvalue weighted by atomic mass is 9.77. The first-order valence-corrected chi connectivity index (χ1v) is 8.49. The van der Waals surface area contributed by atoms with Gasteiger partial charge in [-0.2, -0.15) is 0 Å². The first-order chi connectivity index (χ1) is 9.73. The molecule has 20 heavy (non-hydrogen) atoms. The molecule has 0 fully saturated rings. The van der Waals surface area contributed by atoms with Crippen LogP contribution in [0, 0.1) is 0 Å². The van der Waals surface area contributed by atoms with Gasteiger partial charge in [0.2, 0.25) is 0 Å². The zero-order valence-corrected chi connectivity index (χ0v) is 13.7. The average molecular weight is 276 g/mol. The van der Waals surface area contributed by atoms with E-state index in [0.29, 0.717) is 0 Å². The Bertz CT molecular complexity index is 323. The van der Waals surface area contributed by atoms with Crippen molar-refractivity contribution in [1.82, 2.24) is 9.97 Å². The molecule has 0 spiro atoms. The van der Waals surface area contributed by atoms with E-state index in [2.05, 4.69) is 36.8 Å². The summed E-state index contributed by atoms with van der Waals surface area (Å²) in [6, 6.07) is 2.11. The van der Waals surface area contributed by atoms with Gasteiger partial charge in [0.15, 0.2) is 0 Å². The number of aromatic nitrogens is 2. The zero-order valence-electron chi connectivity index (χ0n) is 13.7. The predicted octanol–water partition coefficient (Wildman–Crippen LogP) is 5.68. The summed E-state index contributed by atoms with van der Waals surface area (Å²) in [6.07, 6.45) is 16.8. The van der Waals surface area contributed by atoms with E-state index in [9.17, 15) is 0 Å². The summed E-state index contributed by atoms with van der Waals surface area (Å²) in [6.45, 7) is 6.94. The number of hydrogen-bond donors (Lipinski definition) is 0. The molecule has 0 saturated carbocycles. The Balaban J connectivity index is 2.57. The van der Waals surface area contributed by atoms with E-state index >= 15 is 0 Å². The second-order valence-electron chi connectivity index (χ2n) is 6.28. The molecule has 0 aliphatic rings. The van der Waals surface area contributed by atoms with E-state index in [4.69, 9.17) is 0 Å². The van der Waals surface area contributed by atoms with Crippen LogP contribution in [0.3, 0.4) is 0 Å². The molecule has 114 valence electrons. The highest BCUT2D eigenvalue weighted by Gasteiger charge is 2.26. The van der Waals surface area contributed by atoms with Crippen LogP contribution in [-0.4, -0.2) is 9.97 Å². The summed E-state index contributed by atoms with van der Waals surface area (Å²) in [5.41, 5.74) is 1.48. The quantitative estimate of drug-likeness (QED) is 0.486. The smallest absolute Gasteiger partial charge is 0.115 e. The molecule has 1 aromatic rings. The fourth-order valence-electron chi connectivity index (χ4n) is 2.91. The number of unbranched alkanes of at least 4 members (excludes halogenated alkanes) is 6. The van der Waals surface area contributed by atoms with Crippen LogP contribution in [0.15, 0.2) is 18.6 Å². The molecule has 0 saturated heterocycles. The molecule has 0 radical (unpaired) electrons. The van der Waals surface area contributed by atoms with Crippen molar-refractivity contribution in [3.05, 3.63) is 24.3 Å². The normalized spacial score (nSPS) is 11.8. The van der Waals surface area contributed by atoms with E-state index in [1.54, 1.807) is 6.33 Å². The third-order valence-corrected chi connectivity index (χ3v) is 4.36. The van der Waals surface area contributed by atoms with E-state index in [-0.39, 0.29) is 5.41 Å². The van der Waals surface area contributed by atoms with Crippen LogP contribution in [0.1, 0.15) is 90.7 Å². The number of nitrogens with zero attached hydrogens (tertiary/aromatic N) is 2. The maximum atomic E-state index is 4.54. The van der Waals surface area contributed by atoms with E-state index < -0.39 is 0 Å². The molecule has 0 unspecified atom stereocenters. The van der Waals surface area contributed by atoms with Crippen LogP contribution in [0.4, 0.5) is 0 Å². The van der Waals surface area contributed by atoms with E-state index in [1.165, 1.54) is 69.9 Å². The summed E-state index contributed by atoms with van der Waals surface area (Å²) in [7, 11) is 0. The molecular weight excluding hydrogens is 244 g/mol. The summed E-state index contributed by atoms with van der Waals surface area (Å²) < 4.78 is 0. The minimum atomic E-state index is 0.240. The molecule has 2 heteroatoms. The van der Waals surface area contributed by atoms with Gasteiger partial charge in [0.25, 0.3) is 0 Å². The Morgan fingerprint density at radius 3 is 1.95 bits per heavy atom. The van der Waals surface area contributed by atoms with Crippen molar-refractivity contribution >= 4 is 0 Å². The second-order valence-corrected chi connectivity index (χ2v) is 6.28. The molecule has 0 aromatic carbocycles. The summed E-state index contributed by atoms with van der Waals surface area (Å²) in [5, 5.41) is 0. The SMILES string of the molecule is CCCCCCC(C)(CCCCCC)c1ccncn1. The lowest BCUT2D eigenvalue weighted by Gasteiger charge is -2.29. The Kier molecular flexibility index (Phi) is 8.48. The van der Waals surface area contributed by atoms with Gasteiger partial charge < -0.3 is 0 Å². The van der Waals surface area contributed by atoms with Gasteiger partial charge in [-0.25, -0.2) is 9.97 Å². The van der Waals surface area contributed by atoms with Crippen LogP contribution in [-0.2, 0) is 5.41 Å². The molecule has 0 aliphatic heterocycles. The van der Waals surface area contributed by atoms with E-state index in [1.807, 2.05) is 6.20 Å². The topological polar surface area (TPSA) is 25.8 Å². The van der Waals surface area contributed by atoms with Crippen molar-refractivity contribution in [3.63, 3.8) is 0 Å². The summed E-state index contributed by atoms with van der Waals surface area (Å²) in [5.74, 6) is 0. The number of hydrogen-bond acceptors (Lipinski definition) is 2. The minimum absolute atomic E-state index is 0.240. The average Bonchev–Trinajstić information content (AvgIpc) is 2.49. The second kappa shape index (κ2) is 9.90. The van der Waals surface area contributed by atoms with Gasteiger partial charge in [0.05, 0.1) is 0 Å². The Labute approximate surface area is 125 Å². The third kappa shape index (κ3) is 6.02. The first kappa shape index (κ1) is 17.1. The maximum absolute atomic E-state index is 4.54. The van der Waals surface area contributed by atoms with Crippen molar-refractivity contribution in [3.8, 4) is 0 Å². The fourth-order valence-corrected chi connectivity index (χ4v) is 2.91. The Morgan fingerprint density at radius 1 is 0.900 bits per heavy atom.